The maximum atomic E-state index is 11.8. The fourth-order valence-electron chi connectivity index (χ4n) is 0.972. The predicted octanol–water partition coefficient (Wildman–Crippen LogP) is 2.07. The summed E-state index contributed by atoms with van der Waals surface area (Å²) in [7, 11) is -2.20. The van der Waals surface area contributed by atoms with E-state index in [1.807, 2.05) is 4.89 Å². The molecule has 17 heavy (non-hydrogen) atoms. The molecule has 0 aliphatic rings. The van der Waals surface area contributed by atoms with E-state index in [0.29, 0.717) is 15.6 Å². The van der Waals surface area contributed by atoms with E-state index >= 15 is 0 Å². The van der Waals surface area contributed by atoms with Gasteiger partial charge in [-0.3, -0.25) is 4.84 Å². The standard InChI is InChI=1S/C9H11Br2NO4S/c1-15-4-5-16-12-17(13,14)9-6-7(10)2-3-8(9)11/h2-3,6,12H,4-5H2,1H3. The Hall–Kier alpha value is 0.01000. The summed E-state index contributed by atoms with van der Waals surface area (Å²) < 4.78 is 29.5. The fraction of sp³-hybridized carbons (Fsp3) is 0.333. The number of halogens is 2. The van der Waals surface area contributed by atoms with Crippen LogP contribution in [0.1, 0.15) is 0 Å². The number of ether oxygens (including phenoxy) is 1. The van der Waals surface area contributed by atoms with Crippen LogP contribution in [0.3, 0.4) is 0 Å². The molecule has 0 aliphatic carbocycles. The number of hydrogen-bond donors (Lipinski definition) is 1. The summed E-state index contributed by atoms with van der Waals surface area (Å²) >= 11 is 6.38. The van der Waals surface area contributed by atoms with E-state index in [0.717, 1.165) is 0 Å². The molecule has 0 bridgehead atoms. The summed E-state index contributed by atoms with van der Waals surface area (Å²) in [5, 5.41) is 0. The number of nitrogens with one attached hydrogen (secondary N) is 1. The lowest BCUT2D eigenvalue weighted by Crippen LogP contribution is -2.26. The molecule has 0 amide bonds. The Kier molecular flexibility index (Phi) is 6.04. The lowest BCUT2D eigenvalue weighted by atomic mass is 10.4. The van der Waals surface area contributed by atoms with E-state index in [1.54, 1.807) is 12.1 Å². The first-order chi connectivity index (χ1) is 7.97. The van der Waals surface area contributed by atoms with Crippen molar-refractivity contribution in [2.45, 2.75) is 4.90 Å². The normalized spacial score (nSPS) is 11.7. The molecular formula is C9H11Br2NO4S. The van der Waals surface area contributed by atoms with Gasteiger partial charge < -0.3 is 4.74 Å². The van der Waals surface area contributed by atoms with Crippen LogP contribution >= 0.6 is 31.9 Å². The number of rotatable bonds is 6. The van der Waals surface area contributed by atoms with Crippen molar-refractivity contribution in [1.82, 2.24) is 4.89 Å². The zero-order valence-electron chi connectivity index (χ0n) is 8.94. The molecule has 8 heteroatoms. The number of sulfonamides is 1. The van der Waals surface area contributed by atoms with E-state index in [2.05, 4.69) is 31.9 Å². The molecule has 0 atom stereocenters. The SMILES string of the molecule is COCCONS(=O)(=O)c1cc(Br)ccc1Br. The molecule has 5 nitrogen and oxygen atoms in total. The second kappa shape index (κ2) is 6.81. The highest BCUT2D eigenvalue weighted by Gasteiger charge is 2.18. The van der Waals surface area contributed by atoms with Gasteiger partial charge in [0, 0.05) is 16.1 Å². The van der Waals surface area contributed by atoms with Crippen LogP contribution in [0.25, 0.3) is 0 Å². The van der Waals surface area contributed by atoms with Crippen LogP contribution in [0.5, 0.6) is 0 Å². The molecule has 0 aromatic heterocycles. The molecule has 0 saturated carbocycles. The van der Waals surface area contributed by atoms with Crippen LogP contribution in [0.15, 0.2) is 32.0 Å². The van der Waals surface area contributed by atoms with Gasteiger partial charge in [-0.05, 0) is 34.1 Å². The van der Waals surface area contributed by atoms with Crippen molar-refractivity contribution in [3.8, 4) is 0 Å². The van der Waals surface area contributed by atoms with Crippen molar-refractivity contribution in [2.75, 3.05) is 20.3 Å². The van der Waals surface area contributed by atoms with Gasteiger partial charge in [0.15, 0.2) is 0 Å². The highest BCUT2D eigenvalue weighted by molar-refractivity contribution is 9.11. The van der Waals surface area contributed by atoms with Gasteiger partial charge in [0.2, 0.25) is 0 Å². The Labute approximate surface area is 117 Å². The highest BCUT2D eigenvalue weighted by atomic mass is 79.9. The third-order valence-electron chi connectivity index (χ3n) is 1.74. The van der Waals surface area contributed by atoms with Crippen LogP contribution in [-0.2, 0) is 19.6 Å². The zero-order chi connectivity index (χ0) is 12.9. The Morgan fingerprint density at radius 2 is 2.00 bits per heavy atom. The minimum Gasteiger partial charge on any atom is -0.382 e. The number of hydrogen-bond acceptors (Lipinski definition) is 4. The number of benzene rings is 1. The average Bonchev–Trinajstić information content (AvgIpc) is 2.28. The second-order valence-electron chi connectivity index (χ2n) is 3.00. The van der Waals surface area contributed by atoms with Crippen LogP contribution in [0.4, 0.5) is 0 Å². The highest BCUT2D eigenvalue weighted by Crippen LogP contribution is 2.25. The minimum absolute atomic E-state index is 0.101. The van der Waals surface area contributed by atoms with E-state index in [-0.39, 0.29) is 11.5 Å². The lowest BCUT2D eigenvalue weighted by molar-refractivity contribution is 0.0438. The maximum Gasteiger partial charge on any atom is 0.263 e. The van der Waals surface area contributed by atoms with Gasteiger partial charge in [0.05, 0.1) is 18.1 Å². The molecule has 0 spiro atoms. The van der Waals surface area contributed by atoms with Crippen molar-refractivity contribution in [1.29, 1.82) is 0 Å². The van der Waals surface area contributed by atoms with Gasteiger partial charge >= 0.3 is 0 Å². The molecular weight excluding hydrogens is 378 g/mol. The molecule has 1 rings (SSSR count). The minimum atomic E-state index is -3.70. The van der Waals surface area contributed by atoms with Crippen molar-refractivity contribution in [3.05, 3.63) is 27.1 Å². The monoisotopic (exact) mass is 387 g/mol. The summed E-state index contributed by atoms with van der Waals surface area (Å²) in [4.78, 5) is 6.91. The smallest absolute Gasteiger partial charge is 0.263 e. The number of methoxy groups -OCH3 is 1. The molecule has 0 heterocycles. The first-order valence-electron chi connectivity index (χ1n) is 4.55. The van der Waals surface area contributed by atoms with Crippen molar-refractivity contribution >= 4 is 41.9 Å². The fourth-order valence-corrected chi connectivity index (χ4v) is 3.31. The zero-order valence-corrected chi connectivity index (χ0v) is 12.9. The van der Waals surface area contributed by atoms with Crippen LogP contribution in [0.2, 0.25) is 0 Å². The molecule has 0 unspecified atom stereocenters. The van der Waals surface area contributed by atoms with Crippen LogP contribution < -0.4 is 4.89 Å². The Bertz CT molecular complexity index is 478. The quantitative estimate of drug-likeness (QED) is 0.598. The molecule has 1 aromatic rings. The van der Waals surface area contributed by atoms with E-state index in [9.17, 15) is 8.42 Å². The Morgan fingerprint density at radius 1 is 1.29 bits per heavy atom. The maximum absolute atomic E-state index is 11.8. The van der Waals surface area contributed by atoms with Gasteiger partial charge in [-0.2, -0.15) is 0 Å². The predicted molar refractivity (Wildman–Crippen MR) is 70.0 cm³/mol. The average molecular weight is 389 g/mol. The van der Waals surface area contributed by atoms with E-state index in [4.69, 9.17) is 9.57 Å². The third-order valence-corrected chi connectivity index (χ3v) is 4.44. The molecule has 1 aromatic carbocycles. The van der Waals surface area contributed by atoms with Crippen molar-refractivity contribution < 1.29 is 18.0 Å². The Morgan fingerprint density at radius 3 is 2.65 bits per heavy atom. The van der Waals surface area contributed by atoms with Crippen LogP contribution in [-0.4, -0.2) is 28.7 Å². The largest absolute Gasteiger partial charge is 0.382 e. The van der Waals surface area contributed by atoms with Crippen LogP contribution in [0, 0.1) is 0 Å². The van der Waals surface area contributed by atoms with Gasteiger partial charge in [-0.25, -0.2) is 8.42 Å². The van der Waals surface area contributed by atoms with Crippen molar-refractivity contribution in [2.24, 2.45) is 0 Å². The third kappa shape index (κ3) is 4.65. The summed E-state index contributed by atoms with van der Waals surface area (Å²) in [6.07, 6.45) is 0. The molecule has 0 aliphatic heterocycles. The molecule has 96 valence electrons. The van der Waals surface area contributed by atoms with E-state index < -0.39 is 10.0 Å². The summed E-state index contributed by atoms with van der Waals surface area (Å²) in [6, 6.07) is 4.84. The molecule has 0 saturated heterocycles. The second-order valence-corrected chi connectivity index (χ2v) is 6.39. The van der Waals surface area contributed by atoms with Gasteiger partial charge in [0.25, 0.3) is 10.0 Å². The lowest BCUT2D eigenvalue weighted by Gasteiger charge is -2.08. The van der Waals surface area contributed by atoms with Gasteiger partial charge in [0.1, 0.15) is 0 Å². The molecule has 1 N–H and O–H groups in total. The van der Waals surface area contributed by atoms with Gasteiger partial charge in [-0.15, -0.1) is 0 Å². The summed E-state index contributed by atoms with van der Waals surface area (Å²) in [5.74, 6) is 0. The van der Waals surface area contributed by atoms with Gasteiger partial charge in [-0.1, -0.05) is 20.8 Å². The Balaban J connectivity index is 2.79. The molecule has 0 radical (unpaired) electrons. The van der Waals surface area contributed by atoms with Crippen molar-refractivity contribution in [3.63, 3.8) is 0 Å². The first-order valence-corrected chi connectivity index (χ1v) is 7.62. The molecule has 0 fully saturated rings. The first kappa shape index (κ1) is 15.1. The summed E-state index contributed by atoms with van der Waals surface area (Å²) in [5.41, 5.74) is 0. The summed E-state index contributed by atoms with van der Waals surface area (Å²) in [6.45, 7) is 0.448. The topological polar surface area (TPSA) is 64.6 Å². The van der Waals surface area contributed by atoms with E-state index in [1.165, 1.54) is 13.2 Å².